The molecular weight excluding hydrogens is 308 g/mol. The van der Waals surface area contributed by atoms with Gasteiger partial charge in [-0.25, -0.2) is 0 Å². The van der Waals surface area contributed by atoms with Gasteiger partial charge in [0.25, 0.3) is 0 Å². The first kappa shape index (κ1) is 17.5. The fourth-order valence-electron chi connectivity index (χ4n) is 2.37. The average Bonchev–Trinajstić information content (AvgIpc) is 2.59. The number of hydrogen-bond donors (Lipinski definition) is 1. The Morgan fingerprint density at radius 2 is 1.74 bits per heavy atom. The molecule has 0 saturated carbocycles. The van der Waals surface area contributed by atoms with Crippen molar-refractivity contribution in [2.75, 3.05) is 13.1 Å². The molecular formula is C19H23ClN2O. The zero-order chi connectivity index (χ0) is 16.5. The Morgan fingerprint density at radius 3 is 2.39 bits per heavy atom. The lowest BCUT2D eigenvalue weighted by Crippen LogP contribution is -2.32. The van der Waals surface area contributed by atoms with Crippen molar-refractivity contribution >= 4 is 17.5 Å². The minimum atomic E-state index is 0.181. The Morgan fingerprint density at radius 1 is 1.04 bits per heavy atom. The minimum Gasteiger partial charge on any atom is -0.339 e. The van der Waals surface area contributed by atoms with Gasteiger partial charge in [0.15, 0.2) is 0 Å². The van der Waals surface area contributed by atoms with Gasteiger partial charge in [-0.05, 0) is 30.2 Å². The molecule has 0 aliphatic rings. The Hall–Kier alpha value is -1.84. The van der Waals surface area contributed by atoms with E-state index >= 15 is 0 Å². The van der Waals surface area contributed by atoms with Crippen LogP contribution in [-0.2, 0) is 17.9 Å². The maximum Gasteiger partial charge on any atom is 0.224 e. The zero-order valence-corrected chi connectivity index (χ0v) is 14.2. The van der Waals surface area contributed by atoms with Gasteiger partial charge in [-0.15, -0.1) is 0 Å². The molecule has 1 N–H and O–H groups in total. The van der Waals surface area contributed by atoms with Crippen LogP contribution < -0.4 is 5.32 Å². The number of carbonyl (C=O) groups is 1. The van der Waals surface area contributed by atoms with E-state index in [-0.39, 0.29) is 5.91 Å². The molecule has 0 bridgehead atoms. The second-order valence-corrected chi connectivity index (χ2v) is 5.88. The van der Waals surface area contributed by atoms with E-state index in [4.69, 9.17) is 11.6 Å². The first-order valence-corrected chi connectivity index (χ1v) is 8.33. The van der Waals surface area contributed by atoms with Crippen LogP contribution in [0.5, 0.6) is 0 Å². The first-order chi connectivity index (χ1) is 11.2. The van der Waals surface area contributed by atoms with Crippen LogP contribution >= 0.6 is 11.6 Å². The standard InChI is InChI=1S/C19H23ClN2O/c1-2-22(15-17-6-4-3-5-7-17)19(23)12-13-21-14-16-8-10-18(20)11-9-16/h3-11,21H,2,12-15H2,1H3. The van der Waals surface area contributed by atoms with E-state index < -0.39 is 0 Å². The van der Waals surface area contributed by atoms with E-state index in [9.17, 15) is 4.79 Å². The maximum atomic E-state index is 12.3. The van der Waals surface area contributed by atoms with Crippen LogP contribution in [0.25, 0.3) is 0 Å². The monoisotopic (exact) mass is 330 g/mol. The fourth-order valence-corrected chi connectivity index (χ4v) is 2.49. The van der Waals surface area contributed by atoms with Crippen LogP contribution in [0.3, 0.4) is 0 Å². The third-order valence-corrected chi connectivity index (χ3v) is 3.96. The zero-order valence-electron chi connectivity index (χ0n) is 13.5. The molecule has 0 aliphatic carbocycles. The van der Waals surface area contributed by atoms with Crippen molar-refractivity contribution in [1.29, 1.82) is 0 Å². The maximum absolute atomic E-state index is 12.3. The van der Waals surface area contributed by atoms with Crippen molar-refractivity contribution in [3.8, 4) is 0 Å². The van der Waals surface area contributed by atoms with Crippen molar-refractivity contribution in [3.63, 3.8) is 0 Å². The molecule has 0 radical (unpaired) electrons. The Balaban J connectivity index is 1.73. The lowest BCUT2D eigenvalue weighted by Gasteiger charge is -2.21. The topological polar surface area (TPSA) is 32.3 Å². The highest BCUT2D eigenvalue weighted by Gasteiger charge is 2.11. The molecule has 2 rings (SSSR count). The molecule has 0 aromatic heterocycles. The van der Waals surface area contributed by atoms with Crippen LogP contribution in [-0.4, -0.2) is 23.9 Å². The summed E-state index contributed by atoms with van der Waals surface area (Å²) in [7, 11) is 0. The highest BCUT2D eigenvalue weighted by Crippen LogP contribution is 2.09. The molecule has 0 atom stereocenters. The Labute approximate surface area is 143 Å². The predicted octanol–water partition coefficient (Wildman–Crippen LogP) is 3.87. The largest absolute Gasteiger partial charge is 0.339 e. The number of benzene rings is 2. The summed E-state index contributed by atoms with van der Waals surface area (Å²) >= 11 is 5.86. The van der Waals surface area contributed by atoms with E-state index in [0.717, 1.165) is 23.7 Å². The third kappa shape index (κ3) is 6.05. The molecule has 2 aromatic carbocycles. The molecule has 0 aliphatic heterocycles. The molecule has 2 aromatic rings. The first-order valence-electron chi connectivity index (χ1n) is 7.96. The van der Waals surface area contributed by atoms with Gasteiger partial charge >= 0.3 is 0 Å². The molecule has 1 amide bonds. The summed E-state index contributed by atoms with van der Waals surface area (Å²) < 4.78 is 0. The van der Waals surface area contributed by atoms with Crippen LogP contribution in [0, 0.1) is 0 Å². The SMILES string of the molecule is CCN(Cc1ccccc1)C(=O)CCNCc1ccc(Cl)cc1. The van der Waals surface area contributed by atoms with Crippen molar-refractivity contribution in [2.24, 2.45) is 0 Å². The van der Waals surface area contributed by atoms with Crippen molar-refractivity contribution < 1.29 is 4.79 Å². The van der Waals surface area contributed by atoms with Crippen molar-refractivity contribution in [2.45, 2.75) is 26.4 Å². The predicted molar refractivity (Wildman–Crippen MR) is 95.3 cm³/mol. The highest BCUT2D eigenvalue weighted by molar-refractivity contribution is 6.30. The number of rotatable bonds is 8. The van der Waals surface area contributed by atoms with Crippen molar-refractivity contribution in [1.82, 2.24) is 10.2 Å². The molecule has 0 unspecified atom stereocenters. The van der Waals surface area contributed by atoms with Crippen LogP contribution in [0.4, 0.5) is 0 Å². The molecule has 122 valence electrons. The molecule has 3 nitrogen and oxygen atoms in total. The number of nitrogens with zero attached hydrogens (tertiary/aromatic N) is 1. The summed E-state index contributed by atoms with van der Waals surface area (Å²) in [6.45, 7) is 4.84. The van der Waals surface area contributed by atoms with E-state index in [1.165, 1.54) is 5.56 Å². The van der Waals surface area contributed by atoms with Gasteiger partial charge in [-0.3, -0.25) is 4.79 Å². The summed E-state index contributed by atoms with van der Waals surface area (Å²) in [6, 6.07) is 17.8. The number of halogens is 1. The van der Waals surface area contributed by atoms with Gasteiger partial charge in [0.1, 0.15) is 0 Å². The van der Waals surface area contributed by atoms with Crippen LogP contribution in [0.2, 0.25) is 5.02 Å². The number of carbonyl (C=O) groups excluding carboxylic acids is 1. The second-order valence-electron chi connectivity index (χ2n) is 5.45. The second kappa shape index (κ2) is 9.33. The van der Waals surface area contributed by atoms with Crippen LogP contribution in [0.1, 0.15) is 24.5 Å². The Bertz CT molecular complexity index is 599. The van der Waals surface area contributed by atoms with Gasteiger partial charge in [-0.2, -0.15) is 0 Å². The summed E-state index contributed by atoms with van der Waals surface area (Å²) in [4.78, 5) is 14.2. The number of hydrogen-bond acceptors (Lipinski definition) is 2. The smallest absolute Gasteiger partial charge is 0.224 e. The van der Waals surface area contributed by atoms with E-state index in [0.29, 0.717) is 19.5 Å². The fraction of sp³-hybridized carbons (Fsp3) is 0.316. The lowest BCUT2D eigenvalue weighted by atomic mass is 10.2. The van der Waals surface area contributed by atoms with E-state index in [1.54, 1.807) is 0 Å². The lowest BCUT2D eigenvalue weighted by molar-refractivity contribution is -0.131. The number of nitrogens with one attached hydrogen (secondary N) is 1. The molecule has 4 heteroatoms. The van der Waals surface area contributed by atoms with Gasteiger partial charge in [0.05, 0.1) is 0 Å². The molecule has 0 spiro atoms. The van der Waals surface area contributed by atoms with Crippen molar-refractivity contribution in [3.05, 3.63) is 70.7 Å². The van der Waals surface area contributed by atoms with Crippen LogP contribution in [0.15, 0.2) is 54.6 Å². The summed E-state index contributed by atoms with van der Waals surface area (Å²) in [6.07, 6.45) is 0.508. The molecule has 0 saturated heterocycles. The molecule has 23 heavy (non-hydrogen) atoms. The summed E-state index contributed by atoms with van der Waals surface area (Å²) in [5.41, 5.74) is 2.33. The van der Waals surface area contributed by atoms with Gasteiger partial charge in [0, 0.05) is 37.6 Å². The Kier molecular flexibility index (Phi) is 7.11. The molecule has 0 fully saturated rings. The van der Waals surface area contributed by atoms with E-state index in [2.05, 4.69) is 17.4 Å². The van der Waals surface area contributed by atoms with E-state index in [1.807, 2.05) is 54.3 Å². The minimum absolute atomic E-state index is 0.181. The summed E-state index contributed by atoms with van der Waals surface area (Å²) in [5.74, 6) is 0.181. The number of amides is 1. The third-order valence-electron chi connectivity index (χ3n) is 3.71. The normalized spacial score (nSPS) is 10.5. The van der Waals surface area contributed by atoms with Gasteiger partial charge < -0.3 is 10.2 Å². The van der Waals surface area contributed by atoms with Gasteiger partial charge in [-0.1, -0.05) is 54.1 Å². The average molecular weight is 331 g/mol. The van der Waals surface area contributed by atoms with Gasteiger partial charge in [0.2, 0.25) is 5.91 Å². The highest BCUT2D eigenvalue weighted by atomic mass is 35.5. The molecule has 0 heterocycles. The quantitative estimate of drug-likeness (QED) is 0.745. The summed E-state index contributed by atoms with van der Waals surface area (Å²) in [5, 5.41) is 4.04.